The monoisotopic (exact) mass is 489 g/mol. The summed E-state index contributed by atoms with van der Waals surface area (Å²) >= 11 is 0. The van der Waals surface area contributed by atoms with Gasteiger partial charge in [0.1, 0.15) is 29.5 Å². The van der Waals surface area contributed by atoms with E-state index >= 15 is 0 Å². The molecule has 0 N–H and O–H groups in total. The fraction of sp³-hybridized carbons (Fsp3) is 0.548. The van der Waals surface area contributed by atoms with E-state index in [0.717, 1.165) is 52.4 Å². The Morgan fingerprint density at radius 2 is 1.81 bits per heavy atom. The van der Waals surface area contributed by atoms with E-state index in [-0.39, 0.29) is 23.4 Å². The third-order valence-corrected chi connectivity index (χ3v) is 8.47. The Labute approximate surface area is 214 Å². The predicted molar refractivity (Wildman–Crippen MR) is 144 cm³/mol. The second-order valence-corrected chi connectivity index (χ2v) is 11.0. The lowest BCUT2D eigenvalue weighted by atomic mass is 9.83. The van der Waals surface area contributed by atoms with Crippen LogP contribution in [0.3, 0.4) is 0 Å². The van der Waals surface area contributed by atoms with Crippen molar-refractivity contribution < 1.29 is 18.7 Å². The van der Waals surface area contributed by atoms with Gasteiger partial charge in [-0.05, 0) is 74.2 Å². The van der Waals surface area contributed by atoms with Crippen molar-refractivity contribution in [2.75, 3.05) is 20.2 Å². The summed E-state index contributed by atoms with van der Waals surface area (Å²) in [5, 5.41) is 3.13. The highest BCUT2D eigenvalue weighted by Gasteiger charge is 2.30. The van der Waals surface area contributed by atoms with Gasteiger partial charge in [-0.15, -0.1) is 0 Å². The van der Waals surface area contributed by atoms with E-state index in [4.69, 9.17) is 9.15 Å². The average Bonchev–Trinajstić information content (AvgIpc) is 3.34. The van der Waals surface area contributed by atoms with Crippen LogP contribution in [0.4, 0.5) is 0 Å². The van der Waals surface area contributed by atoms with Crippen molar-refractivity contribution in [3.8, 4) is 5.75 Å². The summed E-state index contributed by atoms with van der Waals surface area (Å²) in [4.78, 5) is 28.1. The number of likely N-dealkylation sites (N-methyl/N-ethyl adjacent to an activating group) is 1. The Kier molecular flexibility index (Phi) is 7.76. The van der Waals surface area contributed by atoms with Gasteiger partial charge in [-0.1, -0.05) is 32.3 Å². The van der Waals surface area contributed by atoms with E-state index in [1.807, 2.05) is 19.1 Å². The molecule has 192 valence electrons. The largest absolute Gasteiger partial charge is 0.492 e. The highest BCUT2D eigenvalue weighted by Crippen LogP contribution is 2.39. The minimum absolute atomic E-state index is 0.0485. The molecule has 1 aromatic heterocycles. The molecule has 2 aliphatic carbocycles. The first-order valence-electron chi connectivity index (χ1n) is 13.8. The maximum Gasteiger partial charge on any atom is 0.143 e. The van der Waals surface area contributed by atoms with Crippen molar-refractivity contribution in [2.45, 2.75) is 83.1 Å². The normalized spacial score (nSPS) is 22.6. The van der Waals surface area contributed by atoms with Crippen LogP contribution in [0.5, 0.6) is 5.75 Å². The molecule has 36 heavy (non-hydrogen) atoms. The summed E-state index contributed by atoms with van der Waals surface area (Å²) in [6.07, 6.45) is 11.6. The summed E-state index contributed by atoms with van der Waals surface area (Å²) in [7, 11) is 2.21. The van der Waals surface area contributed by atoms with Gasteiger partial charge < -0.3 is 14.1 Å². The van der Waals surface area contributed by atoms with Crippen LogP contribution in [0.15, 0.2) is 41.0 Å². The van der Waals surface area contributed by atoms with Crippen molar-refractivity contribution in [1.82, 2.24) is 4.90 Å². The molecule has 1 heterocycles. The fourth-order valence-electron chi connectivity index (χ4n) is 6.20. The molecule has 2 aromatic carbocycles. The molecule has 0 bridgehead atoms. The Morgan fingerprint density at radius 3 is 2.64 bits per heavy atom. The Bertz CT molecular complexity index is 1220. The second-order valence-electron chi connectivity index (χ2n) is 11.0. The zero-order valence-electron chi connectivity index (χ0n) is 21.8. The van der Waals surface area contributed by atoms with Crippen LogP contribution >= 0.6 is 0 Å². The van der Waals surface area contributed by atoms with Crippen LogP contribution in [0.25, 0.3) is 21.7 Å². The van der Waals surface area contributed by atoms with Gasteiger partial charge in [0, 0.05) is 48.2 Å². The summed E-state index contributed by atoms with van der Waals surface area (Å²) in [5.74, 6) is 0.997. The number of fused-ring (bicyclic) bond motifs is 3. The summed E-state index contributed by atoms with van der Waals surface area (Å²) in [6, 6.07) is 10.9. The lowest BCUT2D eigenvalue weighted by molar-refractivity contribution is -0.124. The van der Waals surface area contributed by atoms with Gasteiger partial charge in [0.2, 0.25) is 0 Å². The number of furan rings is 1. The molecule has 5 rings (SSSR count). The molecule has 0 radical (unpaired) electrons. The minimum Gasteiger partial charge on any atom is -0.492 e. The number of ketones is 2. The molecule has 0 amide bonds. The number of hydrogen-bond donors (Lipinski definition) is 0. The molecule has 2 saturated carbocycles. The van der Waals surface area contributed by atoms with E-state index in [0.29, 0.717) is 31.9 Å². The van der Waals surface area contributed by atoms with E-state index in [1.54, 1.807) is 6.26 Å². The molecule has 5 nitrogen and oxygen atoms in total. The summed E-state index contributed by atoms with van der Waals surface area (Å²) < 4.78 is 12.1. The van der Waals surface area contributed by atoms with Crippen LogP contribution in [0.2, 0.25) is 0 Å². The van der Waals surface area contributed by atoms with Gasteiger partial charge in [0.25, 0.3) is 0 Å². The zero-order chi connectivity index (χ0) is 25.1. The average molecular weight is 490 g/mol. The lowest BCUT2D eigenvalue weighted by Crippen LogP contribution is -2.36. The van der Waals surface area contributed by atoms with Crippen LogP contribution < -0.4 is 4.74 Å². The quantitative estimate of drug-likeness (QED) is 0.371. The van der Waals surface area contributed by atoms with Crippen molar-refractivity contribution in [1.29, 1.82) is 0 Å². The molecule has 2 aliphatic rings. The Morgan fingerprint density at radius 1 is 0.972 bits per heavy atom. The van der Waals surface area contributed by atoms with Crippen molar-refractivity contribution >= 4 is 33.3 Å². The molecule has 3 aromatic rings. The minimum atomic E-state index is -0.305. The van der Waals surface area contributed by atoms with Crippen LogP contribution in [-0.2, 0) is 9.59 Å². The van der Waals surface area contributed by atoms with Crippen molar-refractivity contribution in [3.05, 3.63) is 42.2 Å². The molecule has 2 atom stereocenters. The molecule has 0 spiro atoms. The SMILES string of the molecule is CC1CCCC(=O)CCC(c2coc3ccc4cc(OCCN(C)C5CCCCC5)ccc4c23)C1=O. The Hall–Kier alpha value is -2.66. The van der Waals surface area contributed by atoms with Crippen LogP contribution in [-0.4, -0.2) is 42.7 Å². The van der Waals surface area contributed by atoms with Crippen LogP contribution in [0.1, 0.15) is 82.6 Å². The number of benzene rings is 2. The first-order chi connectivity index (χ1) is 17.5. The third-order valence-electron chi connectivity index (χ3n) is 8.47. The molecule has 0 saturated heterocycles. The van der Waals surface area contributed by atoms with Crippen LogP contribution in [0, 0.1) is 5.92 Å². The highest BCUT2D eigenvalue weighted by molar-refractivity contribution is 6.09. The number of hydrogen-bond acceptors (Lipinski definition) is 5. The molecule has 2 unspecified atom stereocenters. The molecule has 0 aliphatic heterocycles. The van der Waals surface area contributed by atoms with Crippen molar-refractivity contribution in [3.63, 3.8) is 0 Å². The highest BCUT2D eigenvalue weighted by atomic mass is 16.5. The van der Waals surface area contributed by atoms with Crippen molar-refractivity contribution in [2.24, 2.45) is 5.92 Å². The first kappa shape index (κ1) is 25.0. The first-order valence-corrected chi connectivity index (χ1v) is 13.8. The lowest BCUT2D eigenvalue weighted by Gasteiger charge is -2.31. The standard InChI is InChI=1S/C31H39NO4/c1-21-7-6-10-24(33)12-14-27(31(21)34)28-20-36-29-16-11-22-19-25(13-15-26(22)30(28)29)35-18-17-32(2)23-8-4-3-5-9-23/h11,13,15-16,19-21,23,27H,3-10,12,14,17-18H2,1-2H3. The third kappa shape index (κ3) is 5.36. The van der Waals surface area contributed by atoms with Gasteiger partial charge in [0.05, 0.1) is 6.26 Å². The number of carbonyl (C=O) groups excluding carboxylic acids is 2. The fourth-order valence-corrected chi connectivity index (χ4v) is 6.20. The van der Waals surface area contributed by atoms with Gasteiger partial charge in [-0.2, -0.15) is 0 Å². The Balaban J connectivity index is 1.37. The van der Waals surface area contributed by atoms with E-state index in [9.17, 15) is 9.59 Å². The second kappa shape index (κ2) is 11.2. The predicted octanol–water partition coefficient (Wildman–Crippen LogP) is 7.05. The van der Waals surface area contributed by atoms with Gasteiger partial charge in [0.15, 0.2) is 0 Å². The number of Topliss-reactive ketones (excluding diaryl/α,β-unsaturated/α-hetero) is 2. The zero-order valence-corrected chi connectivity index (χ0v) is 21.8. The number of nitrogens with zero attached hydrogens (tertiary/aromatic N) is 1. The van der Waals surface area contributed by atoms with E-state index < -0.39 is 0 Å². The number of carbonyl (C=O) groups is 2. The molecule has 5 heteroatoms. The van der Waals surface area contributed by atoms with Gasteiger partial charge in [-0.25, -0.2) is 0 Å². The van der Waals surface area contributed by atoms with Gasteiger partial charge >= 0.3 is 0 Å². The van der Waals surface area contributed by atoms with Gasteiger partial charge in [-0.3, -0.25) is 9.59 Å². The van der Waals surface area contributed by atoms with E-state index in [2.05, 4.69) is 30.1 Å². The maximum absolute atomic E-state index is 13.4. The summed E-state index contributed by atoms with van der Waals surface area (Å²) in [5.41, 5.74) is 1.71. The smallest absolute Gasteiger partial charge is 0.143 e. The molecular formula is C31H39NO4. The number of ether oxygens (including phenoxy) is 1. The molecular weight excluding hydrogens is 450 g/mol. The summed E-state index contributed by atoms with van der Waals surface area (Å²) in [6.45, 7) is 3.59. The topological polar surface area (TPSA) is 59.8 Å². The maximum atomic E-state index is 13.4. The van der Waals surface area contributed by atoms with E-state index in [1.165, 1.54) is 32.1 Å². The molecule has 2 fully saturated rings. The number of rotatable bonds is 6.